The summed E-state index contributed by atoms with van der Waals surface area (Å²) in [5.74, 6) is 1.18. The van der Waals surface area contributed by atoms with E-state index >= 15 is 0 Å². The Balaban J connectivity index is 2.38. The van der Waals surface area contributed by atoms with Crippen molar-refractivity contribution in [1.29, 1.82) is 0 Å². The zero-order chi connectivity index (χ0) is 6.85. The van der Waals surface area contributed by atoms with E-state index in [4.69, 9.17) is 7.85 Å². The molecule has 0 aromatic rings. The van der Waals surface area contributed by atoms with E-state index in [0.29, 0.717) is 5.82 Å². The van der Waals surface area contributed by atoms with Gasteiger partial charge in [0.2, 0.25) is 0 Å². The van der Waals surface area contributed by atoms with Crippen molar-refractivity contribution in [2.75, 3.05) is 20.1 Å². The van der Waals surface area contributed by atoms with Gasteiger partial charge in [-0.2, -0.15) is 0 Å². The van der Waals surface area contributed by atoms with Gasteiger partial charge in [0.1, 0.15) is 0 Å². The van der Waals surface area contributed by atoms with Crippen LogP contribution in [0.2, 0.25) is 5.82 Å². The summed E-state index contributed by atoms with van der Waals surface area (Å²) in [5.41, 5.74) is 0. The summed E-state index contributed by atoms with van der Waals surface area (Å²) in [6, 6.07) is 0. The molecule has 1 saturated heterocycles. The van der Waals surface area contributed by atoms with Gasteiger partial charge in [0.15, 0.2) is 0 Å². The molecule has 2 unspecified atom stereocenters. The molecule has 0 aromatic heterocycles. The largest absolute Gasteiger partial charge is 0.307 e. The van der Waals surface area contributed by atoms with Gasteiger partial charge < -0.3 is 4.90 Å². The van der Waals surface area contributed by atoms with Crippen molar-refractivity contribution in [3.63, 3.8) is 0 Å². The first-order valence-electron chi connectivity index (χ1n) is 3.68. The van der Waals surface area contributed by atoms with Crippen LogP contribution in [0.4, 0.5) is 0 Å². The van der Waals surface area contributed by atoms with Crippen LogP contribution in [-0.4, -0.2) is 32.9 Å². The van der Waals surface area contributed by atoms with E-state index < -0.39 is 0 Å². The van der Waals surface area contributed by atoms with E-state index in [9.17, 15) is 0 Å². The number of hydrogen-bond donors (Lipinski definition) is 0. The minimum absolute atomic E-state index is 0.431. The topological polar surface area (TPSA) is 3.24 Å². The first-order valence-corrected chi connectivity index (χ1v) is 3.68. The first kappa shape index (κ1) is 7.14. The van der Waals surface area contributed by atoms with Crippen LogP contribution in [0.1, 0.15) is 13.3 Å². The minimum atomic E-state index is 0.431. The predicted octanol–water partition coefficient (Wildman–Crippen LogP) is 0.915. The summed E-state index contributed by atoms with van der Waals surface area (Å²) in [6.07, 6.45) is 1.23. The molecule has 1 heterocycles. The predicted molar refractivity (Wildman–Crippen MR) is 40.8 cm³/mol. The molecular weight excluding hydrogens is 109 g/mol. The quantitative estimate of drug-likeness (QED) is 0.468. The van der Waals surface area contributed by atoms with Gasteiger partial charge in [0.25, 0.3) is 0 Å². The normalized spacial score (nSPS) is 37.6. The van der Waals surface area contributed by atoms with Gasteiger partial charge in [-0.05, 0) is 19.5 Å². The third kappa shape index (κ3) is 1.48. The van der Waals surface area contributed by atoms with Gasteiger partial charge >= 0.3 is 0 Å². The van der Waals surface area contributed by atoms with Crippen molar-refractivity contribution in [3.05, 3.63) is 0 Å². The summed E-state index contributed by atoms with van der Waals surface area (Å²) in [7, 11) is 7.97. The van der Waals surface area contributed by atoms with Crippen LogP contribution in [0.15, 0.2) is 0 Å². The minimum Gasteiger partial charge on any atom is -0.307 e. The molecule has 50 valence electrons. The lowest BCUT2D eigenvalue weighted by molar-refractivity contribution is 0.392. The Kier molecular flexibility index (Phi) is 2.17. The fraction of sp³-hybridized carbons (Fsp3) is 1.00. The fourth-order valence-corrected chi connectivity index (χ4v) is 1.55. The monoisotopic (exact) mass is 123 g/mol. The van der Waals surface area contributed by atoms with Crippen LogP contribution in [0.25, 0.3) is 0 Å². The van der Waals surface area contributed by atoms with Crippen molar-refractivity contribution in [1.82, 2.24) is 4.90 Å². The van der Waals surface area contributed by atoms with Crippen molar-refractivity contribution in [3.8, 4) is 0 Å². The maximum Gasteiger partial charge on any atom is 0.0721 e. The number of rotatable bonds is 1. The Hall–Kier alpha value is 0.0249. The van der Waals surface area contributed by atoms with E-state index in [0.717, 1.165) is 12.5 Å². The number of likely N-dealkylation sites (tertiary alicyclic amines) is 1. The van der Waals surface area contributed by atoms with Crippen molar-refractivity contribution >= 4 is 7.85 Å². The lowest BCUT2D eigenvalue weighted by Gasteiger charge is -2.09. The van der Waals surface area contributed by atoms with Crippen LogP contribution in [0, 0.1) is 5.92 Å². The average molecular weight is 123 g/mol. The van der Waals surface area contributed by atoms with Gasteiger partial charge in [-0.15, -0.1) is 0 Å². The molecule has 1 nitrogen and oxygen atoms in total. The highest BCUT2D eigenvalue weighted by molar-refractivity contribution is 6.12. The van der Waals surface area contributed by atoms with Gasteiger partial charge in [-0.1, -0.05) is 19.2 Å². The molecule has 0 saturated carbocycles. The molecule has 0 aliphatic carbocycles. The van der Waals surface area contributed by atoms with Crippen LogP contribution in [0.5, 0.6) is 0 Å². The SMILES string of the molecule is [B]C1CN(C)CC1CC. The van der Waals surface area contributed by atoms with Gasteiger partial charge in [0.05, 0.1) is 7.85 Å². The van der Waals surface area contributed by atoms with Gasteiger partial charge in [-0.25, -0.2) is 0 Å². The Morgan fingerprint density at radius 3 is 2.44 bits per heavy atom. The highest BCUT2D eigenvalue weighted by Gasteiger charge is 2.24. The van der Waals surface area contributed by atoms with Crippen molar-refractivity contribution in [2.45, 2.75) is 19.2 Å². The first-order chi connectivity index (χ1) is 4.24. The van der Waals surface area contributed by atoms with Crippen molar-refractivity contribution < 1.29 is 0 Å². The van der Waals surface area contributed by atoms with Crippen LogP contribution < -0.4 is 0 Å². The second-order valence-corrected chi connectivity index (χ2v) is 3.05. The molecule has 1 rings (SSSR count). The fourth-order valence-electron chi connectivity index (χ4n) is 1.55. The molecule has 2 radical (unpaired) electrons. The second kappa shape index (κ2) is 2.74. The lowest BCUT2D eigenvalue weighted by atomic mass is 9.78. The Morgan fingerprint density at radius 1 is 1.56 bits per heavy atom. The van der Waals surface area contributed by atoms with E-state index in [1.165, 1.54) is 13.0 Å². The van der Waals surface area contributed by atoms with E-state index in [2.05, 4.69) is 18.9 Å². The summed E-state index contributed by atoms with van der Waals surface area (Å²) in [6.45, 7) is 4.49. The maximum absolute atomic E-state index is 5.84. The van der Waals surface area contributed by atoms with Crippen LogP contribution >= 0.6 is 0 Å². The Bertz CT molecular complexity index is 94.9. The second-order valence-electron chi connectivity index (χ2n) is 3.05. The molecule has 9 heavy (non-hydrogen) atoms. The zero-order valence-corrected chi connectivity index (χ0v) is 6.30. The Labute approximate surface area is 58.8 Å². The zero-order valence-electron chi connectivity index (χ0n) is 6.30. The van der Waals surface area contributed by atoms with Gasteiger partial charge in [-0.3, -0.25) is 0 Å². The third-order valence-electron chi connectivity index (χ3n) is 2.20. The maximum atomic E-state index is 5.84. The number of nitrogens with zero attached hydrogens (tertiary/aromatic N) is 1. The molecule has 1 aliphatic rings. The third-order valence-corrected chi connectivity index (χ3v) is 2.20. The lowest BCUT2D eigenvalue weighted by Crippen LogP contribution is -2.13. The summed E-state index contributed by atoms with van der Waals surface area (Å²) < 4.78 is 0. The van der Waals surface area contributed by atoms with Crippen LogP contribution in [-0.2, 0) is 0 Å². The highest BCUT2D eigenvalue weighted by atomic mass is 15.1. The Morgan fingerprint density at radius 2 is 2.22 bits per heavy atom. The summed E-state index contributed by atoms with van der Waals surface area (Å²) >= 11 is 0. The van der Waals surface area contributed by atoms with Crippen LogP contribution in [0.3, 0.4) is 0 Å². The molecular formula is C7H14BN. The molecule has 0 N–H and O–H groups in total. The number of hydrogen-bond acceptors (Lipinski definition) is 1. The van der Waals surface area contributed by atoms with E-state index in [1.807, 2.05) is 0 Å². The standard InChI is InChI=1S/C7H14BN/c1-3-6-4-9(2)5-7(6)8/h6-7H,3-5H2,1-2H3. The molecule has 2 atom stereocenters. The smallest absolute Gasteiger partial charge is 0.0721 e. The highest BCUT2D eigenvalue weighted by Crippen LogP contribution is 2.26. The molecule has 2 heteroatoms. The molecule has 0 amide bonds. The van der Waals surface area contributed by atoms with Crippen molar-refractivity contribution in [2.24, 2.45) is 5.92 Å². The van der Waals surface area contributed by atoms with E-state index in [1.54, 1.807) is 0 Å². The molecule has 0 bridgehead atoms. The molecule has 1 aliphatic heterocycles. The molecule has 0 aromatic carbocycles. The molecule has 0 spiro atoms. The summed E-state index contributed by atoms with van der Waals surface area (Å²) in [5, 5.41) is 0. The molecule has 1 fully saturated rings. The average Bonchev–Trinajstić information content (AvgIpc) is 2.10. The van der Waals surface area contributed by atoms with Gasteiger partial charge in [0, 0.05) is 6.54 Å². The summed E-state index contributed by atoms with van der Waals surface area (Å²) in [4.78, 5) is 2.30. The van der Waals surface area contributed by atoms with E-state index in [-0.39, 0.29) is 0 Å².